The van der Waals surface area contributed by atoms with E-state index in [1.165, 1.54) is 6.08 Å². The number of nitriles is 1. The van der Waals surface area contributed by atoms with Gasteiger partial charge < -0.3 is 29.5 Å². The minimum absolute atomic E-state index is 0.00164. The Kier molecular flexibility index (Phi) is 8.07. The van der Waals surface area contributed by atoms with E-state index in [1.807, 2.05) is 19.9 Å². The number of rotatable bonds is 6. The number of aryl methyl sites for hydroxylation is 1. The van der Waals surface area contributed by atoms with Crippen LogP contribution >= 0.6 is 0 Å². The fraction of sp³-hybridized carbons (Fsp3) is 0.524. The summed E-state index contributed by atoms with van der Waals surface area (Å²) in [6.45, 7) is 10.4. The van der Waals surface area contributed by atoms with E-state index in [-0.39, 0.29) is 41.1 Å². The number of nitrogens with zero attached hydrogens (tertiary/aromatic N) is 4. The van der Waals surface area contributed by atoms with Gasteiger partial charge in [-0.05, 0) is 33.8 Å². The molecule has 1 aliphatic heterocycles. The number of carbonyl (C=O) groups is 2. The van der Waals surface area contributed by atoms with E-state index in [1.54, 1.807) is 28.5 Å². The molecular formula is C21H30N6O4. The third-order valence-corrected chi connectivity index (χ3v) is 5.23. The number of aromatic amines is 1. The molecule has 10 heteroatoms. The maximum Gasteiger partial charge on any atom is 0.343 e. The number of esters is 1. The van der Waals surface area contributed by atoms with Gasteiger partial charge in [-0.2, -0.15) is 5.26 Å². The zero-order valence-corrected chi connectivity index (χ0v) is 18.5. The van der Waals surface area contributed by atoms with Crippen molar-refractivity contribution in [2.24, 2.45) is 0 Å². The number of aromatic nitrogens is 1. The van der Waals surface area contributed by atoms with Crippen LogP contribution in [0.3, 0.4) is 0 Å². The molecule has 2 heterocycles. The van der Waals surface area contributed by atoms with Crippen molar-refractivity contribution in [1.29, 1.82) is 10.7 Å². The number of amides is 2. The number of carbonyl (C=O) groups excluding carboxylic acids is 2. The average Bonchev–Trinajstić information content (AvgIpc) is 3.05. The standard InChI is InChI=1S/C21H30N6O4/c1-5-25(6-2)21(30)27-10-8-26(9-11-27)19(23)15(13-22)12-16-18(28)17(14(4)24-16)20(29)31-7-3/h12,23-24,28H,5-11H2,1-4H3/b15-12+,23-19?. The van der Waals surface area contributed by atoms with Crippen LogP contribution in [-0.4, -0.2) is 88.5 Å². The zero-order valence-electron chi connectivity index (χ0n) is 18.5. The van der Waals surface area contributed by atoms with Crippen LogP contribution in [0.4, 0.5) is 4.79 Å². The van der Waals surface area contributed by atoms with Gasteiger partial charge in [0.05, 0.1) is 17.9 Å². The molecule has 31 heavy (non-hydrogen) atoms. The van der Waals surface area contributed by atoms with Crippen LogP contribution in [-0.2, 0) is 4.74 Å². The summed E-state index contributed by atoms with van der Waals surface area (Å²) < 4.78 is 4.95. The highest BCUT2D eigenvalue weighted by Crippen LogP contribution is 2.28. The van der Waals surface area contributed by atoms with E-state index >= 15 is 0 Å². The predicted octanol–water partition coefficient (Wildman–Crippen LogP) is 2.17. The third kappa shape index (κ3) is 5.17. The number of hydrogen-bond donors (Lipinski definition) is 3. The Labute approximate surface area is 182 Å². The van der Waals surface area contributed by atoms with Crippen molar-refractivity contribution in [3.05, 3.63) is 22.5 Å². The Morgan fingerprint density at radius 1 is 1.23 bits per heavy atom. The van der Waals surface area contributed by atoms with E-state index in [2.05, 4.69) is 4.98 Å². The van der Waals surface area contributed by atoms with Crippen molar-refractivity contribution in [1.82, 2.24) is 19.7 Å². The quantitative estimate of drug-likeness (QED) is 0.274. The molecule has 0 spiro atoms. The normalized spacial score (nSPS) is 14.2. The average molecular weight is 431 g/mol. The molecule has 2 rings (SSSR count). The summed E-state index contributed by atoms with van der Waals surface area (Å²) in [6.07, 6.45) is 1.35. The number of hydrogen-bond acceptors (Lipinski definition) is 6. The molecule has 1 aliphatic rings. The molecule has 0 radical (unpaired) electrons. The Morgan fingerprint density at radius 2 is 1.81 bits per heavy atom. The molecular weight excluding hydrogens is 400 g/mol. The van der Waals surface area contributed by atoms with Gasteiger partial charge in [-0.25, -0.2) is 9.59 Å². The molecule has 2 amide bonds. The predicted molar refractivity (Wildman–Crippen MR) is 116 cm³/mol. The lowest BCUT2D eigenvalue weighted by atomic mass is 10.1. The van der Waals surface area contributed by atoms with Crippen LogP contribution in [0.5, 0.6) is 5.75 Å². The summed E-state index contributed by atoms with van der Waals surface area (Å²) in [5.41, 5.74) is 0.627. The van der Waals surface area contributed by atoms with E-state index in [4.69, 9.17) is 10.1 Å². The Balaban J connectivity index is 2.14. The molecule has 0 unspecified atom stereocenters. The van der Waals surface area contributed by atoms with Gasteiger partial charge in [-0.15, -0.1) is 0 Å². The van der Waals surface area contributed by atoms with E-state index in [9.17, 15) is 20.0 Å². The topological polar surface area (TPSA) is 137 Å². The first-order valence-electron chi connectivity index (χ1n) is 10.4. The largest absolute Gasteiger partial charge is 0.505 e. The minimum Gasteiger partial charge on any atom is -0.505 e. The molecule has 10 nitrogen and oxygen atoms in total. The fourth-order valence-corrected chi connectivity index (χ4v) is 3.48. The first-order valence-corrected chi connectivity index (χ1v) is 10.4. The Bertz CT molecular complexity index is 902. The van der Waals surface area contributed by atoms with Gasteiger partial charge in [0.25, 0.3) is 0 Å². The Morgan fingerprint density at radius 3 is 2.32 bits per heavy atom. The molecule has 0 saturated carbocycles. The number of ether oxygens (including phenoxy) is 1. The summed E-state index contributed by atoms with van der Waals surface area (Å²) in [6, 6.07) is 1.96. The molecule has 1 aromatic heterocycles. The van der Waals surface area contributed by atoms with Crippen LogP contribution in [0.25, 0.3) is 6.08 Å². The lowest BCUT2D eigenvalue weighted by Crippen LogP contribution is -2.54. The molecule has 0 atom stereocenters. The highest BCUT2D eigenvalue weighted by molar-refractivity contribution is 6.04. The number of urea groups is 1. The summed E-state index contributed by atoms with van der Waals surface area (Å²) >= 11 is 0. The van der Waals surface area contributed by atoms with Gasteiger partial charge in [0, 0.05) is 45.0 Å². The van der Waals surface area contributed by atoms with Crippen LogP contribution in [0, 0.1) is 23.7 Å². The molecule has 0 aliphatic carbocycles. The maximum atomic E-state index is 12.5. The van der Waals surface area contributed by atoms with Gasteiger partial charge in [0.2, 0.25) is 0 Å². The molecule has 3 N–H and O–H groups in total. The smallest absolute Gasteiger partial charge is 0.343 e. The first kappa shape index (κ1) is 23.8. The second-order valence-electron chi connectivity index (χ2n) is 7.06. The van der Waals surface area contributed by atoms with E-state index in [0.29, 0.717) is 45.0 Å². The fourth-order valence-electron chi connectivity index (χ4n) is 3.48. The lowest BCUT2D eigenvalue weighted by molar-refractivity contribution is 0.0522. The number of piperazine rings is 1. The molecule has 1 aromatic rings. The number of nitrogens with one attached hydrogen (secondary N) is 2. The highest BCUT2D eigenvalue weighted by atomic mass is 16.5. The lowest BCUT2D eigenvalue weighted by Gasteiger charge is -2.38. The van der Waals surface area contributed by atoms with Crippen molar-refractivity contribution < 1.29 is 19.4 Å². The first-order chi connectivity index (χ1) is 14.8. The second kappa shape index (κ2) is 10.5. The van der Waals surface area contributed by atoms with Crippen molar-refractivity contribution >= 4 is 23.9 Å². The van der Waals surface area contributed by atoms with Crippen LogP contribution in [0.15, 0.2) is 5.57 Å². The van der Waals surface area contributed by atoms with Crippen LogP contribution in [0.2, 0.25) is 0 Å². The second-order valence-corrected chi connectivity index (χ2v) is 7.06. The van der Waals surface area contributed by atoms with Gasteiger partial charge >= 0.3 is 12.0 Å². The summed E-state index contributed by atoms with van der Waals surface area (Å²) in [7, 11) is 0. The van der Waals surface area contributed by atoms with E-state index < -0.39 is 5.97 Å². The molecule has 1 saturated heterocycles. The summed E-state index contributed by atoms with van der Waals surface area (Å²) in [5.74, 6) is -0.969. The summed E-state index contributed by atoms with van der Waals surface area (Å²) in [5, 5.41) is 28.4. The highest BCUT2D eigenvalue weighted by Gasteiger charge is 2.27. The van der Waals surface area contributed by atoms with Crippen molar-refractivity contribution in [3.63, 3.8) is 0 Å². The summed E-state index contributed by atoms with van der Waals surface area (Å²) in [4.78, 5) is 32.6. The van der Waals surface area contributed by atoms with Gasteiger partial charge in [0.15, 0.2) is 5.75 Å². The van der Waals surface area contributed by atoms with Crippen molar-refractivity contribution in [3.8, 4) is 11.8 Å². The SMILES string of the molecule is CCOC(=O)c1c(C)[nH]c(/C=C(\C#N)C(=N)N2CCN(C(=O)N(CC)CC)CC2)c1O. The molecule has 168 valence electrons. The van der Waals surface area contributed by atoms with Crippen LogP contribution < -0.4 is 0 Å². The molecule has 1 fully saturated rings. The van der Waals surface area contributed by atoms with Crippen LogP contribution in [0.1, 0.15) is 42.5 Å². The van der Waals surface area contributed by atoms with Crippen molar-refractivity contribution in [2.75, 3.05) is 45.9 Å². The molecule has 0 aromatic carbocycles. The number of H-pyrrole nitrogens is 1. The number of amidine groups is 1. The monoisotopic (exact) mass is 430 g/mol. The maximum absolute atomic E-state index is 12.5. The van der Waals surface area contributed by atoms with Crippen molar-refractivity contribution in [2.45, 2.75) is 27.7 Å². The molecule has 0 bridgehead atoms. The minimum atomic E-state index is -0.657. The van der Waals surface area contributed by atoms with E-state index in [0.717, 1.165) is 0 Å². The van der Waals surface area contributed by atoms with Gasteiger partial charge in [0.1, 0.15) is 17.5 Å². The number of aromatic hydroxyl groups is 1. The zero-order chi connectivity index (χ0) is 23.1. The van der Waals surface area contributed by atoms with Gasteiger partial charge in [-0.3, -0.25) is 5.41 Å². The third-order valence-electron chi connectivity index (χ3n) is 5.23. The van der Waals surface area contributed by atoms with Gasteiger partial charge in [-0.1, -0.05) is 0 Å². The Hall–Kier alpha value is -3.48.